The Hall–Kier alpha value is -2.87. The van der Waals surface area contributed by atoms with E-state index in [9.17, 15) is 10.1 Å². The average Bonchev–Trinajstić information content (AvgIpc) is 3.48. The van der Waals surface area contributed by atoms with Gasteiger partial charge >= 0.3 is 0 Å². The fraction of sp³-hybridized carbons (Fsp3) is 0.300. The molecule has 1 aliphatic rings. The van der Waals surface area contributed by atoms with E-state index in [1.165, 1.54) is 25.0 Å². The van der Waals surface area contributed by atoms with Crippen LogP contribution in [0.5, 0.6) is 5.75 Å². The SMILES string of the molecule is O=[N+]([O-])c1ccc(OCCCSc2nnc(C3CC3)n2-c2ccccc2)cc1. The van der Waals surface area contributed by atoms with E-state index < -0.39 is 4.92 Å². The van der Waals surface area contributed by atoms with Crippen LogP contribution in [0.15, 0.2) is 59.8 Å². The minimum absolute atomic E-state index is 0.0645. The largest absolute Gasteiger partial charge is 0.494 e. The Kier molecular flexibility index (Phi) is 5.57. The zero-order chi connectivity index (χ0) is 19.3. The van der Waals surface area contributed by atoms with Crippen LogP contribution in [0.4, 0.5) is 5.69 Å². The number of benzene rings is 2. The first kappa shape index (κ1) is 18.5. The molecule has 0 spiro atoms. The third-order valence-electron chi connectivity index (χ3n) is 4.45. The van der Waals surface area contributed by atoms with Gasteiger partial charge in [-0.15, -0.1) is 10.2 Å². The topological polar surface area (TPSA) is 83.1 Å². The lowest BCUT2D eigenvalue weighted by atomic mass is 10.3. The molecule has 0 aliphatic heterocycles. The van der Waals surface area contributed by atoms with E-state index in [4.69, 9.17) is 4.74 Å². The molecule has 0 atom stereocenters. The number of nitro groups is 1. The van der Waals surface area contributed by atoms with Crippen molar-refractivity contribution >= 4 is 17.4 Å². The monoisotopic (exact) mass is 396 g/mol. The molecule has 2 aromatic carbocycles. The molecule has 1 aromatic heterocycles. The lowest BCUT2D eigenvalue weighted by Crippen LogP contribution is -2.03. The Morgan fingerprint density at radius 3 is 2.54 bits per heavy atom. The normalized spacial score (nSPS) is 13.4. The first-order chi connectivity index (χ1) is 13.7. The lowest BCUT2D eigenvalue weighted by Gasteiger charge is -2.10. The molecule has 28 heavy (non-hydrogen) atoms. The zero-order valence-corrected chi connectivity index (χ0v) is 16.0. The van der Waals surface area contributed by atoms with Crippen molar-refractivity contribution in [3.8, 4) is 11.4 Å². The minimum Gasteiger partial charge on any atom is -0.494 e. The summed E-state index contributed by atoms with van der Waals surface area (Å²) >= 11 is 1.67. The smallest absolute Gasteiger partial charge is 0.269 e. The Balaban J connectivity index is 1.32. The van der Waals surface area contributed by atoms with Gasteiger partial charge in [-0.3, -0.25) is 14.7 Å². The molecule has 7 nitrogen and oxygen atoms in total. The second kappa shape index (κ2) is 8.43. The highest BCUT2D eigenvalue weighted by Gasteiger charge is 2.30. The Morgan fingerprint density at radius 1 is 1.11 bits per heavy atom. The van der Waals surface area contributed by atoms with Gasteiger partial charge in [0.05, 0.1) is 11.5 Å². The third-order valence-corrected chi connectivity index (χ3v) is 5.47. The number of thioether (sulfide) groups is 1. The molecule has 144 valence electrons. The minimum atomic E-state index is -0.417. The van der Waals surface area contributed by atoms with Crippen LogP contribution < -0.4 is 4.74 Å². The van der Waals surface area contributed by atoms with Crippen LogP contribution in [0.3, 0.4) is 0 Å². The van der Waals surface area contributed by atoms with Crippen LogP contribution in [0.1, 0.15) is 31.0 Å². The highest BCUT2D eigenvalue weighted by molar-refractivity contribution is 7.99. The third kappa shape index (κ3) is 4.33. The molecule has 0 bridgehead atoms. The number of aromatic nitrogens is 3. The van der Waals surface area contributed by atoms with Crippen molar-refractivity contribution in [3.05, 3.63) is 70.5 Å². The molecule has 1 heterocycles. The Bertz CT molecular complexity index is 940. The summed E-state index contributed by atoms with van der Waals surface area (Å²) in [4.78, 5) is 10.3. The molecular weight excluding hydrogens is 376 g/mol. The zero-order valence-electron chi connectivity index (χ0n) is 15.2. The number of rotatable bonds is 9. The van der Waals surface area contributed by atoms with E-state index in [1.807, 2.05) is 18.2 Å². The summed E-state index contributed by atoms with van der Waals surface area (Å²) in [6.45, 7) is 0.541. The first-order valence-electron chi connectivity index (χ1n) is 9.23. The molecule has 3 aromatic rings. The Labute approximate surface area is 166 Å². The predicted molar refractivity (Wildman–Crippen MR) is 107 cm³/mol. The second-order valence-electron chi connectivity index (χ2n) is 6.59. The van der Waals surface area contributed by atoms with Crippen LogP contribution in [0.25, 0.3) is 5.69 Å². The summed E-state index contributed by atoms with van der Waals surface area (Å²) in [5.74, 6) is 3.06. The van der Waals surface area contributed by atoms with Crippen LogP contribution in [0, 0.1) is 10.1 Å². The summed E-state index contributed by atoms with van der Waals surface area (Å²) < 4.78 is 7.83. The van der Waals surface area contributed by atoms with E-state index in [0.29, 0.717) is 18.3 Å². The Morgan fingerprint density at radius 2 is 1.86 bits per heavy atom. The summed E-state index contributed by atoms with van der Waals surface area (Å²) in [6.07, 6.45) is 3.19. The van der Waals surface area contributed by atoms with Gasteiger partial charge in [-0.2, -0.15) is 0 Å². The molecule has 1 fully saturated rings. The number of hydrogen-bond donors (Lipinski definition) is 0. The van der Waals surface area contributed by atoms with Crippen molar-refractivity contribution in [2.45, 2.75) is 30.3 Å². The van der Waals surface area contributed by atoms with Crippen LogP contribution in [0.2, 0.25) is 0 Å². The van der Waals surface area contributed by atoms with Crippen molar-refractivity contribution in [3.63, 3.8) is 0 Å². The maximum Gasteiger partial charge on any atom is 0.269 e. The van der Waals surface area contributed by atoms with Gasteiger partial charge in [0.1, 0.15) is 11.6 Å². The molecule has 8 heteroatoms. The second-order valence-corrected chi connectivity index (χ2v) is 7.65. The molecule has 0 amide bonds. The number of nitrogens with zero attached hydrogens (tertiary/aromatic N) is 4. The molecule has 0 radical (unpaired) electrons. The molecular formula is C20H20N4O3S. The van der Waals surface area contributed by atoms with Crippen molar-refractivity contribution in [1.29, 1.82) is 0 Å². The maximum absolute atomic E-state index is 10.7. The number of ether oxygens (including phenoxy) is 1. The molecule has 1 saturated carbocycles. The van der Waals surface area contributed by atoms with Crippen molar-refractivity contribution in [1.82, 2.24) is 14.8 Å². The summed E-state index contributed by atoms with van der Waals surface area (Å²) in [7, 11) is 0. The first-order valence-corrected chi connectivity index (χ1v) is 10.2. The summed E-state index contributed by atoms with van der Waals surface area (Å²) in [5.41, 5.74) is 1.16. The molecule has 0 N–H and O–H groups in total. The van der Waals surface area contributed by atoms with Crippen molar-refractivity contribution in [2.24, 2.45) is 0 Å². The van der Waals surface area contributed by atoms with E-state index >= 15 is 0 Å². The fourth-order valence-corrected chi connectivity index (χ4v) is 3.75. The standard InChI is InChI=1S/C20H20N4O3S/c25-24(26)17-9-11-18(12-10-17)27-13-4-14-28-20-22-21-19(15-7-8-15)23(20)16-5-2-1-3-6-16/h1-3,5-6,9-12,15H,4,7-8,13-14H2. The van der Waals surface area contributed by atoms with E-state index in [1.54, 1.807) is 23.9 Å². The summed E-state index contributed by atoms with van der Waals surface area (Å²) in [5, 5.41) is 20.4. The van der Waals surface area contributed by atoms with Crippen LogP contribution in [-0.2, 0) is 0 Å². The van der Waals surface area contributed by atoms with Gasteiger partial charge < -0.3 is 4.74 Å². The molecule has 0 unspecified atom stereocenters. The highest BCUT2D eigenvalue weighted by Crippen LogP contribution is 2.41. The molecule has 4 rings (SSSR count). The van der Waals surface area contributed by atoms with Crippen molar-refractivity contribution in [2.75, 3.05) is 12.4 Å². The number of nitro benzene ring substituents is 1. The quantitative estimate of drug-likeness (QED) is 0.227. The fourth-order valence-electron chi connectivity index (χ4n) is 2.88. The van der Waals surface area contributed by atoms with Gasteiger partial charge in [-0.05, 0) is 43.5 Å². The number of non-ortho nitro benzene ring substituents is 1. The molecule has 0 saturated heterocycles. The predicted octanol–water partition coefficient (Wildman–Crippen LogP) is 4.61. The maximum atomic E-state index is 10.7. The number of para-hydroxylation sites is 1. The average molecular weight is 396 g/mol. The van der Waals surface area contributed by atoms with Gasteiger partial charge in [0.25, 0.3) is 5.69 Å². The van der Waals surface area contributed by atoms with Gasteiger partial charge in [-0.1, -0.05) is 30.0 Å². The lowest BCUT2D eigenvalue weighted by molar-refractivity contribution is -0.384. The van der Waals surface area contributed by atoms with Gasteiger partial charge in [0.15, 0.2) is 5.16 Å². The van der Waals surface area contributed by atoms with E-state index in [-0.39, 0.29) is 5.69 Å². The molecule has 1 aliphatic carbocycles. The van der Waals surface area contributed by atoms with Crippen LogP contribution >= 0.6 is 11.8 Å². The van der Waals surface area contributed by atoms with E-state index in [2.05, 4.69) is 26.9 Å². The van der Waals surface area contributed by atoms with Gasteiger partial charge in [-0.25, -0.2) is 0 Å². The van der Waals surface area contributed by atoms with Crippen molar-refractivity contribution < 1.29 is 9.66 Å². The summed E-state index contributed by atoms with van der Waals surface area (Å²) in [6, 6.07) is 16.4. The van der Waals surface area contributed by atoms with Gasteiger partial charge in [0, 0.05) is 29.5 Å². The van der Waals surface area contributed by atoms with E-state index in [0.717, 1.165) is 28.8 Å². The highest BCUT2D eigenvalue weighted by atomic mass is 32.2. The number of hydrogen-bond acceptors (Lipinski definition) is 6. The van der Waals surface area contributed by atoms with Crippen LogP contribution in [-0.4, -0.2) is 32.0 Å². The van der Waals surface area contributed by atoms with Gasteiger partial charge in [0.2, 0.25) is 0 Å².